The van der Waals surface area contributed by atoms with Crippen LogP contribution in [0, 0.1) is 5.92 Å². The van der Waals surface area contributed by atoms with Crippen molar-refractivity contribution in [3.8, 4) is 5.75 Å². The molecule has 2 aromatic carbocycles. The number of nitrogens with one attached hydrogen (secondary N) is 1. The summed E-state index contributed by atoms with van der Waals surface area (Å²) in [6.07, 6.45) is 1.12. The van der Waals surface area contributed by atoms with Gasteiger partial charge in [0, 0.05) is 24.0 Å². The predicted octanol–water partition coefficient (Wildman–Crippen LogP) is 4.04. The van der Waals surface area contributed by atoms with Crippen molar-refractivity contribution >= 4 is 40.5 Å². The summed E-state index contributed by atoms with van der Waals surface area (Å²) in [5.74, 6) is 0.251. The minimum atomic E-state index is -0.441. The van der Waals surface area contributed by atoms with Gasteiger partial charge in [-0.05, 0) is 48.7 Å². The fourth-order valence-electron chi connectivity index (χ4n) is 4.24. The molecule has 2 aliphatic heterocycles. The van der Waals surface area contributed by atoms with Crippen molar-refractivity contribution in [1.82, 2.24) is 10.4 Å². The summed E-state index contributed by atoms with van der Waals surface area (Å²) in [6.45, 7) is 3.07. The van der Waals surface area contributed by atoms with Crippen LogP contribution in [0.5, 0.6) is 5.75 Å². The predicted molar refractivity (Wildman–Crippen MR) is 126 cm³/mol. The van der Waals surface area contributed by atoms with Crippen LogP contribution in [0.4, 0.5) is 5.69 Å². The second-order valence-electron chi connectivity index (χ2n) is 8.12. The van der Waals surface area contributed by atoms with Gasteiger partial charge >= 0.3 is 0 Å². The van der Waals surface area contributed by atoms with Gasteiger partial charge in [0.15, 0.2) is 0 Å². The number of carbonyl (C=O) groups is 1. The number of benzene rings is 2. The van der Waals surface area contributed by atoms with Crippen molar-refractivity contribution in [3.05, 3.63) is 58.1 Å². The van der Waals surface area contributed by atoms with Crippen molar-refractivity contribution in [2.75, 3.05) is 25.2 Å². The van der Waals surface area contributed by atoms with Crippen LogP contribution in [-0.4, -0.2) is 48.0 Å². The van der Waals surface area contributed by atoms with Crippen LogP contribution < -0.4 is 15.2 Å². The molecule has 1 unspecified atom stereocenters. The number of methoxy groups -OCH3 is 1. The van der Waals surface area contributed by atoms with Crippen molar-refractivity contribution in [2.24, 2.45) is 11.0 Å². The highest BCUT2D eigenvalue weighted by Crippen LogP contribution is 2.42. The lowest BCUT2D eigenvalue weighted by atomic mass is 9.91. The molecule has 32 heavy (non-hydrogen) atoms. The first-order chi connectivity index (χ1) is 15.4. The van der Waals surface area contributed by atoms with Crippen molar-refractivity contribution < 1.29 is 14.6 Å². The first-order valence-corrected chi connectivity index (χ1v) is 11.3. The van der Waals surface area contributed by atoms with Gasteiger partial charge in [0.25, 0.3) is 5.91 Å². The number of ether oxygens (including phenoxy) is 1. The first-order valence-electron chi connectivity index (χ1n) is 10.6. The lowest BCUT2D eigenvalue weighted by molar-refractivity contribution is -0.120. The number of halogens is 2. The molecule has 0 spiro atoms. The van der Waals surface area contributed by atoms with Gasteiger partial charge in [0.2, 0.25) is 0 Å². The molecule has 1 fully saturated rings. The van der Waals surface area contributed by atoms with Gasteiger partial charge in [-0.3, -0.25) is 15.2 Å². The molecule has 2 heterocycles. The van der Waals surface area contributed by atoms with E-state index < -0.39 is 6.10 Å². The molecule has 3 atom stereocenters. The zero-order valence-electron chi connectivity index (χ0n) is 18.0. The topological polar surface area (TPSA) is 77.4 Å². The number of anilines is 1. The summed E-state index contributed by atoms with van der Waals surface area (Å²) in [6, 6.07) is 12.7. The maximum absolute atomic E-state index is 13.2. The third kappa shape index (κ3) is 4.71. The number of hydrazine groups is 1. The summed E-state index contributed by atoms with van der Waals surface area (Å²) in [5.41, 5.74) is 4.95. The molecule has 0 aliphatic carbocycles. The second kappa shape index (κ2) is 9.67. The van der Waals surface area contributed by atoms with Crippen LogP contribution >= 0.6 is 23.2 Å². The average molecular weight is 477 g/mol. The van der Waals surface area contributed by atoms with E-state index in [2.05, 4.69) is 5.43 Å². The van der Waals surface area contributed by atoms with Gasteiger partial charge in [-0.25, -0.2) is 5.01 Å². The number of hydrogen-bond acceptors (Lipinski definition) is 6. The van der Waals surface area contributed by atoms with E-state index in [1.807, 2.05) is 31.2 Å². The third-order valence-corrected chi connectivity index (χ3v) is 6.42. The molecule has 2 aliphatic rings. The van der Waals surface area contributed by atoms with Crippen LogP contribution in [0.3, 0.4) is 0 Å². The zero-order valence-corrected chi connectivity index (χ0v) is 19.5. The zero-order chi connectivity index (χ0) is 22.8. The van der Waals surface area contributed by atoms with Gasteiger partial charge in [0.05, 0.1) is 30.0 Å². The van der Waals surface area contributed by atoms with Gasteiger partial charge in [-0.15, -0.1) is 0 Å². The van der Waals surface area contributed by atoms with Gasteiger partial charge in [-0.2, -0.15) is 5.10 Å². The highest BCUT2D eigenvalue weighted by atomic mass is 35.5. The third-order valence-electron chi connectivity index (χ3n) is 5.89. The Bertz CT molecular complexity index is 1010. The first kappa shape index (κ1) is 22.9. The number of β-amino-alcohol motifs (C(OH)–C–C–N with tert-alkyl or cyclic N) is 1. The molecule has 1 saturated heterocycles. The Morgan fingerprint density at radius 2 is 1.97 bits per heavy atom. The summed E-state index contributed by atoms with van der Waals surface area (Å²) in [4.78, 5) is 13.2. The molecular weight excluding hydrogens is 451 g/mol. The molecule has 2 aromatic rings. The largest absolute Gasteiger partial charge is 0.497 e. The Balaban J connectivity index is 1.66. The molecule has 0 bridgehead atoms. The quantitative estimate of drug-likeness (QED) is 0.680. The van der Waals surface area contributed by atoms with Gasteiger partial charge < -0.3 is 9.84 Å². The maximum Gasteiger partial charge on any atom is 0.282 e. The van der Waals surface area contributed by atoms with Crippen molar-refractivity contribution in [3.63, 3.8) is 0 Å². The van der Waals surface area contributed by atoms with Crippen molar-refractivity contribution in [2.45, 2.75) is 31.9 Å². The monoisotopic (exact) mass is 476 g/mol. The van der Waals surface area contributed by atoms with E-state index in [0.29, 0.717) is 34.5 Å². The average Bonchev–Trinajstić information content (AvgIpc) is 3.10. The van der Waals surface area contributed by atoms with E-state index in [0.717, 1.165) is 24.2 Å². The minimum absolute atomic E-state index is 0.218. The van der Waals surface area contributed by atoms with Gasteiger partial charge in [-0.1, -0.05) is 42.3 Å². The highest BCUT2D eigenvalue weighted by Gasteiger charge is 2.40. The Morgan fingerprint density at radius 3 is 2.62 bits per heavy atom. The Morgan fingerprint density at radius 1 is 1.22 bits per heavy atom. The van der Waals surface area contributed by atoms with Crippen LogP contribution in [0.15, 0.2) is 47.6 Å². The summed E-state index contributed by atoms with van der Waals surface area (Å²) < 4.78 is 5.29. The molecule has 4 rings (SSSR count). The van der Waals surface area contributed by atoms with Crippen LogP contribution in [0.1, 0.15) is 31.4 Å². The highest BCUT2D eigenvalue weighted by molar-refractivity contribution is 6.41. The number of hydrazone groups is 1. The SMILES string of the molecule is COc1ccc([C@H]2[C@@H](C)C(C(=O)NN3CCCC(O)C3)=NN2c2ccc(Cl)cc2Cl)cc1. The molecule has 0 saturated carbocycles. The normalized spacial score (nSPS) is 23.7. The van der Waals surface area contributed by atoms with Crippen LogP contribution in [-0.2, 0) is 4.79 Å². The van der Waals surface area contributed by atoms with E-state index in [9.17, 15) is 9.90 Å². The number of aliphatic hydroxyl groups is 1. The fraction of sp³-hybridized carbons (Fsp3) is 0.391. The molecule has 0 radical (unpaired) electrons. The smallest absolute Gasteiger partial charge is 0.282 e. The number of piperidine rings is 1. The van der Waals surface area contributed by atoms with Gasteiger partial charge in [0.1, 0.15) is 11.5 Å². The molecule has 0 aromatic heterocycles. The van der Waals surface area contributed by atoms with Crippen molar-refractivity contribution in [1.29, 1.82) is 0 Å². The molecule has 170 valence electrons. The Kier molecular flexibility index (Phi) is 6.90. The number of carbonyl (C=O) groups excluding carboxylic acids is 1. The molecular formula is C23H26Cl2N4O3. The summed E-state index contributed by atoms with van der Waals surface area (Å²) in [5, 5.41) is 19.1. The van der Waals surface area contributed by atoms with E-state index in [1.165, 1.54) is 0 Å². The van der Waals surface area contributed by atoms with E-state index >= 15 is 0 Å². The number of aliphatic hydroxyl groups excluding tert-OH is 1. The minimum Gasteiger partial charge on any atom is -0.497 e. The van der Waals surface area contributed by atoms with E-state index in [-0.39, 0.29) is 17.9 Å². The summed E-state index contributed by atoms with van der Waals surface area (Å²) in [7, 11) is 1.62. The van der Waals surface area contributed by atoms with E-state index in [1.54, 1.807) is 35.3 Å². The fourth-order valence-corrected chi connectivity index (χ4v) is 4.74. The lowest BCUT2D eigenvalue weighted by Gasteiger charge is -2.30. The Labute approximate surface area is 197 Å². The number of hydrogen-bond donors (Lipinski definition) is 2. The standard InChI is InChI=1S/C23H26Cl2N4O3/c1-14-21(23(31)27-28-11-3-4-17(30)13-28)26-29(20-10-7-16(24)12-19(20)25)22(14)15-5-8-18(32-2)9-6-15/h5-10,12,14,17,22,30H,3-4,11,13H2,1-2H3,(H,27,31)/t14-,17?,22+/m0/s1. The number of nitrogens with zero attached hydrogens (tertiary/aromatic N) is 3. The molecule has 7 nitrogen and oxygen atoms in total. The molecule has 2 N–H and O–H groups in total. The number of rotatable bonds is 5. The molecule has 9 heteroatoms. The summed E-state index contributed by atoms with van der Waals surface area (Å²) >= 11 is 12.6. The van der Waals surface area contributed by atoms with E-state index in [4.69, 9.17) is 33.0 Å². The Hall–Kier alpha value is -2.32. The second-order valence-corrected chi connectivity index (χ2v) is 8.96. The molecule has 1 amide bonds. The van der Waals surface area contributed by atoms with Crippen LogP contribution in [0.25, 0.3) is 0 Å². The maximum atomic E-state index is 13.2. The number of amides is 1. The lowest BCUT2D eigenvalue weighted by Crippen LogP contribution is -2.51. The van der Waals surface area contributed by atoms with Crippen LogP contribution in [0.2, 0.25) is 10.0 Å².